The summed E-state index contributed by atoms with van der Waals surface area (Å²) in [6, 6.07) is 3.05. The van der Waals surface area contributed by atoms with Crippen LogP contribution >= 0.6 is 0 Å². The van der Waals surface area contributed by atoms with Gasteiger partial charge in [-0.15, -0.1) is 0 Å². The molecule has 0 bridgehead atoms. The molecule has 0 aliphatic rings. The predicted octanol–water partition coefficient (Wildman–Crippen LogP) is -0.468. The van der Waals surface area contributed by atoms with Crippen molar-refractivity contribution in [2.75, 3.05) is 0 Å². The van der Waals surface area contributed by atoms with E-state index >= 15 is 0 Å². The number of carbonyl (C=O) groups is 2. The minimum atomic E-state index is -0.623. The third-order valence-corrected chi connectivity index (χ3v) is 2.04. The third kappa shape index (κ3) is 1.41. The average Bonchev–Trinajstić information content (AvgIpc) is 2.59. The van der Waals surface area contributed by atoms with E-state index in [2.05, 4.69) is 4.98 Å². The number of nitrogens with two attached hydrogens (primary N) is 2. The van der Waals surface area contributed by atoms with Crippen LogP contribution in [0.3, 0.4) is 0 Å². The van der Waals surface area contributed by atoms with Gasteiger partial charge in [-0.25, -0.2) is 4.98 Å². The van der Waals surface area contributed by atoms with Crippen LogP contribution in [-0.4, -0.2) is 21.2 Å². The largest absolute Gasteiger partial charge is 0.366 e. The normalized spacial score (nSPS) is 10.4. The number of fused-ring (bicyclic) bond motifs is 1. The van der Waals surface area contributed by atoms with Crippen LogP contribution in [0.4, 0.5) is 0 Å². The molecule has 2 aromatic rings. The molecule has 0 aromatic carbocycles. The summed E-state index contributed by atoms with van der Waals surface area (Å²) < 4.78 is 1.49. The molecule has 2 rings (SSSR count). The number of hydrogen-bond acceptors (Lipinski definition) is 3. The van der Waals surface area contributed by atoms with E-state index in [1.54, 1.807) is 6.07 Å². The molecule has 0 radical (unpaired) electrons. The Hall–Kier alpha value is -2.37. The Morgan fingerprint density at radius 1 is 1.27 bits per heavy atom. The van der Waals surface area contributed by atoms with Gasteiger partial charge in [0.1, 0.15) is 0 Å². The molecular weight excluding hydrogens is 196 g/mol. The van der Waals surface area contributed by atoms with Crippen molar-refractivity contribution >= 4 is 17.3 Å². The Bertz CT molecular complexity index is 558. The van der Waals surface area contributed by atoms with E-state index in [-0.39, 0.29) is 5.82 Å². The van der Waals surface area contributed by atoms with Crippen molar-refractivity contribution in [3.8, 4) is 0 Å². The lowest BCUT2D eigenvalue weighted by molar-refractivity contribution is 0.0986. The molecule has 0 aliphatic carbocycles. The first-order valence-electron chi connectivity index (χ1n) is 4.16. The topological polar surface area (TPSA) is 103 Å². The number of hydrogen-bond donors (Lipinski definition) is 2. The third-order valence-electron chi connectivity index (χ3n) is 2.04. The average molecular weight is 204 g/mol. The molecule has 2 heterocycles. The summed E-state index contributed by atoms with van der Waals surface area (Å²) in [5, 5.41) is 0. The van der Waals surface area contributed by atoms with Crippen molar-refractivity contribution in [3.63, 3.8) is 0 Å². The fourth-order valence-electron chi connectivity index (χ4n) is 1.34. The van der Waals surface area contributed by atoms with Crippen LogP contribution < -0.4 is 11.5 Å². The van der Waals surface area contributed by atoms with Crippen LogP contribution in [0.25, 0.3) is 5.52 Å². The molecule has 0 aliphatic heterocycles. The van der Waals surface area contributed by atoms with Crippen molar-refractivity contribution in [3.05, 3.63) is 35.9 Å². The molecular formula is C9H8N4O2. The Morgan fingerprint density at radius 3 is 2.60 bits per heavy atom. The maximum atomic E-state index is 10.9. The molecule has 6 heteroatoms. The van der Waals surface area contributed by atoms with Gasteiger partial charge in [0.15, 0.2) is 0 Å². The summed E-state index contributed by atoms with van der Waals surface area (Å²) in [6.45, 7) is 0. The van der Waals surface area contributed by atoms with E-state index in [9.17, 15) is 9.59 Å². The van der Waals surface area contributed by atoms with Gasteiger partial charge in [0.2, 0.25) is 11.7 Å². The van der Waals surface area contributed by atoms with E-state index in [1.165, 1.54) is 22.9 Å². The first kappa shape index (κ1) is 9.20. The first-order chi connectivity index (χ1) is 7.09. The highest BCUT2D eigenvalue weighted by Gasteiger charge is 2.10. The van der Waals surface area contributed by atoms with Crippen molar-refractivity contribution in [1.29, 1.82) is 0 Å². The number of imidazole rings is 1. The minimum Gasteiger partial charge on any atom is -0.366 e. The maximum absolute atomic E-state index is 10.9. The molecule has 2 aromatic heterocycles. The molecule has 4 N–H and O–H groups in total. The highest BCUT2D eigenvalue weighted by atomic mass is 16.1. The lowest BCUT2D eigenvalue weighted by Gasteiger charge is -1.99. The SMILES string of the molecule is NC(=O)c1ccn2c(C(N)=O)ncc2c1. The highest BCUT2D eigenvalue weighted by Crippen LogP contribution is 2.09. The maximum Gasteiger partial charge on any atom is 0.285 e. The molecule has 0 unspecified atom stereocenters. The van der Waals surface area contributed by atoms with Gasteiger partial charge in [0, 0.05) is 11.8 Å². The molecule has 15 heavy (non-hydrogen) atoms. The van der Waals surface area contributed by atoms with Crippen molar-refractivity contribution in [2.45, 2.75) is 0 Å². The second kappa shape index (κ2) is 3.09. The van der Waals surface area contributed by atoms with Crippen molar-refractivity contribution in [2.24, 2.45) is 11.5 Å². The zero-order valence-corrected chi connectivity index (χ0v) is 7.68. The molecule has 0 fully saturated rings. The number of pyridine rings is 1. The molecule has 6 nitrogen and oxygen atoms in total. The second-order valence-corrected chi connectivity index (χ2v) is 3.02. The lowest BCUT2D eigenvalue weighted by Crippen LogP contribution is -2.15. The first-order valence-corrected chi connectivity index (χ1v) is 4.16. The minimum absolute atomic E-state index is 0.126. The number of aromatic nitrogens is 2. The zero-order valence-electron chi connectivity index (χ0n) is 7.68. The van der Waals surface area contributed by atoms with E-state index in [0.29, 0.717) is 11.1 Å². The molecule has 0 saturated heterocycles. The van der Waals surface area contributed by atoms with Gasteiger partial charge in [0.05, 0.1) is 11.7 Å². The lowest BCUT2D eigenvalue weighted by atomic mass is 10.2. The van der Waals surface area contributed by atoms with Crippen molar-refractivity contribution < 1.29 is 9.59 Å². The van der Waals surface area contributed by atoms with Crippen molar-refractivity contribution in [1.82, 2.24) is 9.38 Å². The van der Waals surface area contributed by atoms with Gasteiger partial charge >= 0.3 is 0 Å². The summed E-state index contributed by atoms with van der Waals surface area (Å²) in [4.78, 5) is 25.7. The Kier molecular flexibility index (Phi) is 1.89. The van der Waals surface area contributed by atoms with Gasteiger partial charge < -0.3 is 11.5 Å². The van der Waals surface area contributed by atoms with Gasteiger partial charge in [-0.05, 0) is 12.1 Å². The van der Waals surface area contributed by atoms with Gasteiger partial charge in [-0.1, -0.05) is 0 Å². The van der Waals surface area contributed by atoms with Gasteiger partial charge in [-0.2, -0.15) is 0 Å². The molecule has 0 spiro atoms. The van der Waals surface area contributed by atoms with Crippen LogP contribution in [0, 0.1) is 0 Å². The summed E-state index contributed by atoms with van der Waals surface area (Å²) in [7, 11) is 0. The molecule has 2 amide bonds. The highest BCUT2D eigenvalue weighted by molar-refractivity contribution is 5.94. The number of nitrogens with zero attached hydrogens (tertiary/aromatic N) is 2. The van der Waals surface area contributed by atoms with E-state index in [1.807, 2.05) is 0 Å². The van der Waals surface area contributed by atoms with Crippen LogP contribution in [0.15, 0.2) is 24.5 Å². The van der Waals surface area contributed by atoms with Crippen LogP contribution in [-0.2, 0) is 0 Å². The fourth-order valence-corrected chi connectivity index (χ4v) is 1.34. The summed E-state index contributed by atoms with van der Waals surface area (Å²) >= 11 is 0. The Labute approximate surface area is 84.5 Å². The quantitative estimate of drug-likeness (QED) is 0.691. The van der Waals surface area contributed by atoms with E-state index in [0.717, 1.165) is 0 Å². The monoisotopic (exact) mass is 204 g/mol. The number of carbonyl (C=O) groups excluding carboxylic acids is 2. The molecule has 0 saturated carbocycles. The van der Waals surface area contributed by atoms with Crippen LogP contribution in [0.2, 0.25) is 0 Å². The Balaban J connectivity index is 2.66. The fraction of sp³-hybridized carbons (Fsp3) is 0. The number of amides is 2. The zero-order chi connectivity index (χ0) is 11.0. The second-order valence-electron chi connectivity index (χ2n) is 3.02. The number of primary amides is 2. The smallest absolute Gasteiger partial charge is 0.285 e. The summed E-state index contributed by atoms with van der Waals surface area (Å²) in [5.74, 6) is -1.03. The van der Waals surface area contributed by atoms with Gasteiger partial charge in [0.25, 0.3) is 5.91 Å². The van der Waals surface area contributed by atoms with E-state index in [4.69, 9.17) is 11.5 Å². The molecule has 76 valence electrons. The summed E-state index contributed by atoms with van der Waals surface area (Å²) in [5.41, 5.74) is 11.2. The predicted molar refractivity (Wildman–Crippen MR) is 52.2 cm³/mol. The Morgan fingerprint density at radius 2 is 2.00 bits per heavy atom. The van der Waals surface area contributed by atoms with Gasteiger partial charge in [-0.3, -0.25) is 14.0 Å². The van der Waals surface area contributed by atoms with Crippen LogP contribution in [0.1, 0.15) is 21.0 Å². The summed E-state index contributed by atoms with van der Waals surface area (Å²) in [6.07, 6.45) is 2.98. The van der Waals surface area contributed by atoms with Crippen LogP contribution in [0.5, 0.6) is 0 Å². The number of rotatable bonds is 2. The standard InChI is InChI=1S/C9H8N4O2/c10-7(14)5-1-2-13-6(3-5)4-12-9(13)8(11)15/h1-4H,(H2,10,14)(H2,11,15). The molecule has 0 atom stereocenters. The van der Waals surface area contributed by atoms with E-state index < -0.39 is 11.8 Å².